The highest BCUT2D eigenvalue weighted by Crippen LogP contribution is 2.20. The van der Waals surface area contributed by atoms with Gasteiger partial charge in [0.1, 0.15) is 5.54 Å². The standard InChI is InChI=1S/C15H17BrN2O3/c1-3-15(2)13(20)18(14(21)17-15)9-12(19)8-10-4-6-11(16)7-5-10/h4-7H,3,8-9H2,1-2H3,(H,17,21). The third-order valence-electron chi connectivity index (χ3n) is 3.70. The van der Waals surface area contributed by atoms with E-state index in [-0.39, 0.29) is 24.7 Å². The molecule has 3 amide bonds. The summed E-state index contributed by atoms with van der Waals surface area (Å²) in [7, 11) is 0. The molecule has 1 N–H and O–H groups in total. The molecule has 0 spiro atoms. The van der Waals surface area contributed by atoms with Gasteiger partial charge in [0.2, 0.25) is 0 Å². The van der Waals surface area contributed by atoms with E-state index in [1.54, 1.807) is 6.92 Å². The molecule has 1 aliphatic rings. The molecule has 2 rings (SSSR count). The number of halogens is 1. The molecule has 1 unspecified atom stereocenters. The van der Waals surface area contributed by atoms with Crippen molar-refractivity contribution in [3.8, 4) is 0 Å². The van der Waals surface area contributed by atoms with Gasteiger partial charge in [-0.05, 0) is 31.0 Å². The van der Waals surface area contributed by atoms with E-state index in [2.05, 4.69) is 21.2 Å². The molecule has 1 aromatic rings. The molecule has 0 saturated carbocycles. The molecule has 21 heavy (non-hydrogen) atoms. The van der Waals surface area contributed by atoms with Gasteiger partial charge in [0.25, 0.3) is 5.91 Å². The van der Waals surface area contributed by atoms with Crippen molar-refractivity contribution < 1.29 is 14.4 Å². The summed E-state index contributed by atoms with van der Waals surface area (Å²) in [5.74, 6) is -0.500. The average Bonchev–Trinajstić information content (AvgIpc) is 2.66. The van der Waals surface area contributed by atoms with Gasteiger partial charge in [-0.25, -0.2) is 4.79 Å². The molecule has 5 nitrogen and oxygen atoms in total. The zero-order chi connectivity index (χ0) is 15.6. The Labute approximate surface area is 131 Å². The second-order valence-corrected chi connectivity index (χ2v) is 6.26. The van der Waals surface area contributed by atoms with E-state index >= 15 is 0 Å². The Balaban J connectivity index is 2.01. The molecular formula is C15H17BrN2O3. The maximum atomic E-state index is 12.2. The van der Waals surface area contributed by atoms with E-state index in [0.29, 0.717) is 6.42 Å². The van der Waals surface area contributed by atoms with Crippen LogP contribution in [0.2, 0.25) is 0 Å². The van der Waals surface area contributed by atoms with Crippen LogP contribution in [0.4, 0.5) is 4.79 Å². The van der Waals surface area contributed by atoms with E-state index < -0.39 is 11.6 Å². The van der Waals surface area contributed by atoms with Crippen LogP contribution in [0.5, 0.6) is 0 Å². The van der Waals surface area contributed by atoms with Crippen LogP contribution in [-0.2, 0) is 16.0 Å². The monoisotopic (exact) mass is 352 g/mol. The van der Waals surface area contributed by atoms with Crippen molar-refractivity contribution >= 4 is 33.7 Å². The lowest BCUT2D eigenvalue weighted by Crippen LogP contribution is -2.43. The maximum absolute atomic E-state index is 12.2. The second kappa shape index (κ2) is 5.97. The molecular weight excluding hydrogens is 336 g/mol. The van der Waals surface area contributed by atoms with Crippen molar-refractivity contribution in [2.45, 2.75) is 32.2 Å². The normalized spacial score (nSPS) is 21.6. The summed E-state index contributed by atoms with van der Waals surface area (Å²) in [6.07, 6.45) is 0.697. The third kappa shape index (κ3) is 3.32. The van der Waals surface area contributed by atoms with Crippen molar-refractivity contribution in [3.05, 3.63) is 34.3 Å². The number of carbonyl (C=O) groups excluding carboxylic acids is 3. The lowest BCUT2D eigenvalue weighted by molar-refractivity contribution is -0.134. The van der Waals surface area contributed by atoms with Crippen molar-refractivity contribution in [2.75, 3.05) is 6.54 Å². The van der Waals surface area contributed by atoms with Crippen LogP contribution >= 0.6 is 15.9 Å². The highest BCUT2D eigenvalue weighted by atomic mass is 79.9. The smallest absolute Gasteiger partial charge is 0.323 e. The Kier molecular flexibility index (Phi) is 4.46. The van der Waals surface area contributed by atoms with Crippen molar-refractivity contribution in [3.63, 3.8) is 0 Å². The van der Waals surface area contributed by atoms with Crippen LogP contribution < -0.4 is 5.32 Å². The fourth-order valence-corrected chi connectivity index (χ4v) is 2.46. The number of nitrogens with one attached hydrogen (secondary N) is 1. The largest absolute Gasteiger partial charge is 0.325 e. The van der Waals surface area contributed by atoms with E-state index in [4.69, 9.17) is 0 Å². The summed E-state index contributed by atoms with van der Waals surface area (Å²) in [4.78, 5) is 37.1. The van der Waals surface area contributed by atoms with Crippen LogP contribution in [-0.4, -0.2) is 34.7 Å². The summed E-state index contributed by atoms with van der Waals surface area (Å²) in [6, 6.07) is 6.89. The van der Waals surface area contributed by atoms with Gasteiger partial charge in [0, 0.05) is 10.9 Å². The quantitative estimate of drug-likeness (QED) is 0.826. The first-order valence-electron chi connectivity index (χ1n) is 6.76. The Morgan fingerprint density at radius 1 is 1.29 bits per heavy atom. The summed E-state index contributed by atoms with van der Waals surface area (Å²) < 4.78 is 0.937. The van der Waals surface area contributed by atoms with Crippen LogP contribution in [0.1, 0.15) is 25.8 Å². The number of carbonyl (C=O) groups is 3. The average molecular weight is 353 g/mol. The minimum atomic E-state index is -0.894. The molecule has 1 aromatic carbocycles. The third-order valence-corrected chi connectivity index (χ3v) is 4.23. The van der Waals surface area contributed by atoms with Crippen LogP contribution in [0, 0.1) is 0 Å². The molecule has 1 atom stereocenters. The Morgan fingerprint density at radius 3 is 2.43 bits per heavy atom. The molecule has 1 heterocycles. The van der Waals surface area contributed by atoms with E-state index in [1.165, 1.54) is 0 Å². The van der Waals surface area contributed by atoms with Gasteiger partial charge in [-0.3, -0.25) is 14.5 Å². The number of amides is 3. The molecule has 1 saturated heterocycles. The number of rotatable bonds is 5. The number of imide groups is 1. The fraction of sp³-hybridized carbons (Fsp3) is 0.400. The molecule has 112 valence electrons. The SMILES string of the molecule is CCC1(C)NC(=O)N(CC(=O)Cc2ccc(Br)cc2)C1=O. The number of hydrogen-bond acceptors (Lipinski definition) is 3. The summed E-state index contributed by atoms with van der Waals surface area (Å²) >= 11 is 3.33. The van der Waals surface area contributed by atoms with Crippen LogP contribution in [0.3, 0.4) is 0 Å². The molecule has 0 aliphatic carbocycles. The number of ketones is 1. The van der Waals surface area contributed by atoms with Gasteiger partial charge in [0.15, 0.2) is 5.78 Å². The van der Waals surface area contributed by atoms with Crippen molar-refractivity contribution in [2.24, 2.45) is 0 Å². The molecule has 0 radical (unpaired) electrons. The second-order valence-electron chi connectivity index (χ2n) is 5.35. The van der Waals surface area contributed by atoms with Gasteiger partial charge in [-0.1, -0.05) is 35.0 Å². The number of nitrogens with zero attached hydrogens (tertiary/aromatic N) is 1. The van der Waals surface area contributed by atoms with Crippen molar-refractivity contribution in [1.82, 2.24) is 10.2 Å². The Morgan fingerprint density at radius 2 is 1.90 bits per heavy atom. The number of urea groups is 1. The zero-order valence-electron chi connectivity index (χ0n) is 12.0. The van der Waals surface area contributed by atoms with Crippen LogP contribution in [0.15, 0.2) is 28.7 Å². The number of hydrogen-bond donors (Lipinski definition) is 1. The minimum Gasteiger partial charge on any atom is -0.323 e. The van der Waals surface area contributed by atoms with E-state index in [9.17, 15) is 14.4 Å². The Hall–Kier alpha value is -1.69. The minimum absolute atomic E-state index is 0.166. The Bertz CT molecular complexity index is 585. The first kappa shape index (κ1) is 15.7. The number of Topliss-reactive ketones (excluding diaryl/α,β-unsaturated/α-hetero) is 1. The summed E-state index contributed by atoms with van der Waals surface area (Å²) in [5.41, 5.74) is -0.0388. The highest BCUT2D eigenvalue weighted by molar-refractivity contribution is 9.10. The van der Waals surface area contributed by atoms with Gasteiger partial charge in [-0.15, -0.1) is 0 Å². The van der Waals surface area contributed by atoms with Gasteiger partial charge in [-0.2, -0.15) is 0 Å². The molecule has 0 aromatic heterocycles. The van der Waals surface area contributed by atoms with Gasteiger partial charge in [0.05, 0.1) is 6.54 Å². The molecule has 1 aliphatic heterocycles. The molecule has 0 bridgehead atoms. The fourth-order valence-electron chi connectivity index (χ4n) is 2.19. The van der Waals surface area contributed by atoms with Crippen LogP contribution in [0.25, 0.3) is 0 Å². The summed E-state index contributed by atoms with van der Waals surface area (Å²) in [5, 5.41) is 2.64. The van der Waals surface area contributed by atoms with Gasteiger partial charge >= 0.3 is 6.03 Å². The topological polar surface area (TPSA) is 66.5 Å². The summed E-state index contributed by atoms with van der Waals surface area (Å²) in [6.45, 7) is 3.31. The van der Waals surface area contributed by atoms with Crippen molar-refractivity contribution in [1.29, 1.82) is 0 Å². The molecule has 1 fully saturated rings. The lowest BCUT2D eigenvalue weighted by atomic mass is 9.99. The predicted molar refractivity (Wildman–Crippen MR) is 81.8 cm³/mol. The maximum Gasteiger partial charge on any atom is 0.325 e. The zero-order valence-corrected chi connectivity index (χ0v) is 13.6. The number of benzene rings is 1. The van der Waals surface area contributed by atoms with E-state index in [0.717, 1.165) is 14.9 Å². The molecule has 6 heteroatoms. The first-order chi connectivity index (χ1) is 9.85. The highest BCUT2D eigenvalue weighted by Gasteiger charge is 2.46. The lowest BCUT2D eigenvalue weighted by Gasteiger charge is -2.18. The van der Waals surface area contributed by atoms with E-state index in [1.807, 2.05) is 31.2 Å². The van der Waals surface area contributed by atoms with Gasteiger partial charge < -0.3 is 5.32 Å². The predicted octanol–water partition coefficient (Wildman–Crippen LogP) is 2.28. The first-order valence-corrected chi connectivity index (χ1v) is 7.55.